The average molecular weight is 311 g/mol. The van der Waals surface area contributed by atoms with Gasteiger partial charge in [-0.2, -0.15) is 0 Å². The molecule has 2 fully saturated rings. The van der Waals surface area contributed by atoms with Crippen LogP contribution in [-0.4, -0.2) is 48.2 Å². The average Bonchev–Trinajstić information content (AvgIpc) is 2.83. The third kappa shape index (κ3) is 3.18. The lowest BCUT2D eigenvalue weighted by molar-refractivity contribution is -0.140. The van der Waals surface area contributed by atoms with Crippen molar-refractivity contribution < 1.29 is 19.1 Å². The summed E-state index contributed by atoms with van der Waals surface area (Å²) in [5, 5.41) is 5.67. The van der Waals surface area contributed by atoms with Gasteiger partial charge >= 0.3 is 6.09 Å². The minimum atomic E-state index is -0.601. The molecule has 2 unspecified atom stereocenters. The van der Waals surface area contributed by atoms with Gasteiger partial charge in [0.2, 0.25) is 11.8 Å². The minimum absolute atomic E-state index is 0.0425. The van der Waals surface area contributed by atoms with Crippen molar-refractivity contribution in [1.29, 1.82) is 0 Å². The maximum Gasteiger partial charge on any atom is 0.407 e. The number of fused-ring (bicyclic) bond motifs is 1. The van der Waals surface area contributed by atoms with Crippen molar-refractivity contribution in [2.75, 3.05) is 13.7 Å². The summed E-state index contributed by atoms with van der Waals surface area (Å²) in [6.45, 7) is 4.29. The number of nitrogens with zero attached hydrogens (tertiary/aromatic N) is 1. The quantitative estimate of drug-likeness (QED) is 0.813. The van der Waals surface area contributed by atoms with Gasteiger partial charge in [-0.05, 0) is 32.1 Å². The highest BCUT2D eigenvalue weighted by molar-refractivity contribution is 5.87. The molecule has 124 valence electrons. The number of methoxy groups -OCH3 is 1. The van der Waals surface area contributed by atoms with Crippen molar-refractivity contribution in [1.82, 2.24) is 15.5 Å². The Hall–Kier alpha value is -1.79. The Kier molecular flexibility index (Phi) is 4.93. The highest BCUT2D eigenvalue weighted by Crippen LogP contribution is 2.35. The summed E-state index contributed by atoms with van der Waals surface area (Å²) in [4.78, 5) is 38.0. The zero-order valence-electron chi connectivity index (χ0n) is 13.5. The molecule has 2 aliphatic rings. The molecule has 2 aliphatic heterocycles. The Morgan fingerprint density at radius 1 is 1.32 bits per heavy atom. The van der Waals surface area contributed by atoms with Crippen LogP contribution in [0.5, 0.6) is 0 Å². The highest BCUT2D eigenvalue weighted by Gasteiger charge is 2.48. The van der Waals surface area contributed by atoms with Crippen LogP contribution in [0.15, 0.2) is 0 Å². The Bertz CT molecular complexity index is 466. The van der Waals surface area contributed by atoms with E-state index in [0.717, 1.165) is 25.7 Å². The molecule has 0 bridgehead atoms. The van der Waals surface area contributed by atoms with Crippen LogP contribution in [0.25, 0.3) is 0 Å². The molecule has 0 aromatic heterocycles. The number of carbonyl (C=O) groups is 3. The molecule has 3 amide bonds. The fourth-order valence-electron chi connectivity index (χ4n) is 3.27. The molecule has 22 heavy (non-hydrogen) atoms. The van der Waals surface area contributed by atoms with Crippen LogP contribution >= 0.6 is 0 Å². The molecule has 0 aliphatic carbocycles. The van der Waals surface area contributed by atoms with Crippen LogP contribution in [0.4, 0.5) is 4.79 Å². The van der Waals surface area contributed by atoms with E-state index in [2.05, 4.69) is 15.4 Å². The summed E-state index contributed by atoms with van der Waals surface area (Å²) < 4.78 is 4.58. The molecule has 2 rings (SSSR count). The summed E-state index contributed by atoms with van der Waals surface area (Å²) in [5.41, 5.74) is -0.592. The summed E-state index contributed by atoms with van der Waals surface area (Å²) >= 11 is 0. The van der Waals surface area contributed by atoms with Crippen molar-refractivity contribution in [2.45, 2.75) is 57.7 Å². The van der Waals surface area contributed by atoms with E-state index in [4.69, 9.17) is 0 Å². The van der Waals surface area contributed by atoms with Crippen LogP contribution in [-0.2, 0) is 14.3 Å². The Morgan fingerprint density at radius 3 is 2.64 bits per heavy atom. The summed E-state index contributed by atoms with van der Waals surface area (Å²) in [6.07, 6.45) is 3.06. The highest BCUT2D eigenvalue weighted by atomic mass is 16.5. The van der Waals surface area contributed by atoms with Crippen molar-refractivity contribution >= 4 is 17.9 Å². The molecule has 2 heterocycles. The summed E-state index contributed by atoms with van der Waals surface area (Å²) in [6, 6.07) is -0.580. The number of nitrogens with one attached hydrogen (secondary N) is 2. The second-order valence-electron chi connectivity index (χ2n) is 6.35. The molecule has 0 aromatic carbocycles. The van der Waals surface area contributed by atoms with Gasteiger partial charge in [0, 0.05) is 12.5 Å². The van der Waals surface area contributed by atoms with Crippen LogP contribution in [0, 0.1) is 5.92 Å². The Labute approximate surface area is 130 Å². The largest absolute Gasteiger partial charge is 0.453 e. The number of ether oxygens (including phenoxy) is 1. The van der Waals surface area contributed by atoms with Gasteiger partial charge in [-0.15, -0.1) is 0 Å². The van der Waals surface area contributed by atoms with Crippen LogP contribution < -0.4 is 10.6 Å². The van der Waals surface area contributed by atoms with Crippen LogP contribution in [0.1, 0.15) is 46.0 Å². The van der Waals surface area contributed by atoms with Gasteiger partial charge in [0.05, 0.1) is 7.11 Å². The number of rotatable bonds is 3. The first-order chi connectivity index (χ1) is 10.4. The second-order valence-corrected chi connectivity index (χ2v) is 6.35. The molecule has 7 nitrogen and oxygen atoms in total. The molecule has 7 heteroatoms. The molecule has 2 atom stereocenters. The Balaban J connectivity index is 2.17. The van der Waals surface area contributed by atoms with Gasteiger partial charge in [-0.25, -0.2) is 4.79 Å². The fourth-order valence-corrected chi connectivity index (χ4v) is 3.27. The molecule has 0 radical (unpaired) electrons. The minimum Gasteiger partial charge on any atom is -0.453 e. The zero-order valence-corrected chi connectivity index (χ0v) is 13.5. The van der Waals surface area contributed by atoms with Gasteiger partial charge in [0.1, 0.15) is 11.7 Å². The topological polar surface area (TPSA) is 87.7 Å². The fraction of sp³-hybridized carbons (Fsp3) is 0.800. The molecule has 2 saturated heterocycles. The molecular formula is C15H25N3O4. The standard InChI is InChI=1S/C15H25N3O4/c1-10(2)12(19)17-15-7-4-6-11(16-14(21)22-3)13(20)18(15)9-5-8-15/h10-11H,4-9H2,1-3H3,(H,16,21)(H,17,19). The molecule has 0 saturated carbocycles. The van der Waals surface area contributed by atoms with Gasteiger partial charge in [0.15, 0.2) is 0 Å². The third-order valence-corrected chi connectivity index (χ3v) is 4.49. The van der Waals surface area contributed by atoms with Gasteiger partial charge in [-0.1, -0.05) is 13.8 Å². The lowest BCUT2D eigenvalue weighted by Crippen LogP contribution is -2.61. The number of carbonyl (C=O) groups excluding carboxylic acids is 3. The van der Waals surface area contributed by atoms with Gasteiger partial charge < -0.3 is 20.3 Å². The molecule has 0 spiro atoms. The van der Waals surface area contributed by atoms with Gasteiger partial charge in [-0.3, -0.25) is 9.59 Å². The normalized spacial score (nSPS) is 28.1. The van der Waals surface area contributed by atoms with E-state index in [9.17, 15) is 14.4 Å². The number of hydrogen-bond acceptors (Lipinski definition) is 4. The predicted molar refractivity (Wildman–Crippen MR) is 79.8 cm³/mol. The van der Waals surface area contributed by atoms with Crippen molar-refractivity contribution in [3.8, 4) is 0 Å². The van der Waals surface area contributed by atoms with Crippen molar-refractivity contribution in [3.63, 3.8) is 0 Å². The van der Waals surface area contributed by atoms with Gasteiger partial charge in [0.25, 0.3) is 0 Å². The number of alkyl carbamates (subject to hydrolysis) is 1. The monoisotopic (exact) mass is 311 g/mol. The zero-order chi connectivity index (χ0) is 16.3. The maximum atomic E-state index is 12.7. The first kappa shape index (κ1) is 16.6. The van der Waals surface area contributed by atoms with E-state index < -0.39 is 17.8 Å². The van der Waals surface area contributed by atoms with Crippen LogP contribution in [0.2, 0.25) is 0 Å². The summed E-state index contributed by atoms with van der Waals surface area (Å²) in [5.74, 6) is -0.303. The SMILES string of the molecule is COC(=O)NC1CCCC2(NC(=O)C(C)C)CCCN2C1=O. The summed E-state index contributed by atoms with van der Waals surface area (Å²) in [7, 11) is 1.28. The predicted octanol–water partition coefficient (Wildman–Crippen LogP) is 0.986. The van der Waals surface area contributed by atoms with E-state index in [1.807, 2.05) is 13.8 Å². The molecule has 2 N–H and O–H groups in total. The smallest absolute Gasteiger partial charge is 0.407 e. The van der Waals surface area contributed by atoms with Crippen molar-refractivity contribution in [2.24, 2.45) is 5.92 Å². The van der Waals surface area contributed by atoms with E-state index >= 15 is 0 Å². The van der Waals surface area contributed by atoms with E-state index in [1.54, 1.807) is 4.90 Å². The third-order valence-electron chi connectivity index (χ3n) is 4.49. The van der Waals surface area contributed by atoms with Crippen molar-refractivity contribution in [3.05, 3.63) is 0 Å². The second kappa shape index (κ2) is 6.54. The van der Waals surface area contributed by atoms with Crippen LogP contribution in [0.3, 0.4) is 0 Å². The number of amides is 3. The number of hydrogen-bond donors (Lipinski definition) is 2. The first-order valence-corrected chi connectivity index (χ1v) is 7.87. The lowest BCUT2D eigenvalue weighted by Gasteiger charge is -2.39. The maximum absolute atomic E-state index is 12.7. The van der Waals surface area contributed by atoms with E-state index in [0.29, 0.717) is 13.0 Å². The van der Waals surface area contributed by atoms with E-state index in [1.165, 1.54) is 7.11 Å². The molecular weight excluding hydrogens is 286 g/mol. The molecule has 0 aromatic rings. The first-order valence-electron chi connectivity index (χ1n) is 7.87. The van der Waals surface area contributed by atoms with E-state index in [-0.39, 0.29) is 17.7 Å². The lowest BCUT2D eigenvalue weighted by atomic mass is 9.99. The Morgan fingerprint density at radius 2 is 2.00 bits per heavy atom.